The summed E-state index contributed by atoms with van der Waals surface area (Å²) in [6.07, 6.45) is 1.01. The number of aryl methyl sites for hydroxylation is 1. The van der Waals surface area contributed by atoms with Crippen LogP contribution in [0.1, 0.15) is 28.3 Å². The minimum absolute atomic E-state index is 0.374. The molecule has 0 aliphatic carbocycles. The summed E-state index contributed by atoms with van der Waals surface area (Å²) in [5.41, 5.74) is 1.35. The summed E-state index contributed by atoms with van der Waals surface area (Å²) in [5, 5.41) is 3.58. The first kappa shape index (κ1) is 15.2. The van der Waals surface area contributed by atoms with Gasteiger partial charge in [0.15, 0.2) is 0 Å². The lowest BCUT2D eigenvalue weighted by Gasteiger charge is -2.17. The zero-order valence-corrected chi connectivity index (χ0v) is 15.0. The van der Waals surface area contributed by atoms with E-state index in [1.165, 1.54) is 19.8 Å². The second-order valence-electron chi connectivity index (χ2n) is 4.51. The lowest BCUT2D eigenvalue weighted by molar-refractivity contribution is 0.556. The van der Waals surface area contributed by atoms with Crippen LogP contribution in [-0.4, -0.2) is 6.54 Å². The summed E-state index contributed by atoms with van der Waals surface area (Å²) in [6, 6.07) is 11.1. The molecule has 0 amide bonds. The van der Waals surface area contributed by atoms with Gasteiger partial charge in [-0.2, -0.15) is 0 Å². The number of hydrogen-bond acceptors (Lipinski definition) is 2. The third-order valence-corrected chi connectivity index (χ3v) is 5.57. The Morgan fingerprint density at radius 1 is 1.21 bits per heavy atom. The molecule has 1 unspecified atom stereocenters. The molecule has 1 N–H and O–H groups in total. The van der Waals surface area contributed by atoms with Crippen molar-refractivity contribution in [3.8, 4) is 0 Å². The normalized spacial score (nSPS) is 12.6. The van der Waals surface area contributed by atoms with Crippen LogP contribution in [0.2, 0.25) is 0 Å². The molecule has 19 heavy (non-hydrogen) atoms. The summed E-state index contributed by atoms with van der Waals surface area (Å²) >= 11 is 9.02. The molecule has 1 atom stereocenters. The molecule has 1 nitrogen and oxygen atoms in total. The number of thiophene rings is 1. The van der Waals surface area contributed by atoms with Crippen LogP contribution >= 0.6 is 43.2 Å². The zero-order valence-electron chi connectivity index (χ0n) is 11.0. The summed E-state index contributed by atoms with van der Waals surface area (Å²) in [7, 11) is 0. The Labute approximate surface area is 135 Å². The molecule has 4 heteroatoms. The molecule has 0 radical (unpaired) electrons. The molecular formula is C15H17Br2NS. The standard InChI is InChI=1S/C15H17Br2NS/c1-3-18-14(15-13(17)8-10(2)19-15)9-11-4-6-12(16)7-5-11/h4-8,14,18H,3,9H2,1-2H3. The van der Waals surface area contributed by atoms with Gasteiger partial charge in [-0.25, -0.2) is 0 Å². The molecule has 0 fully saturated rings. The molecular weight excluding hydrogens is 386 g/mol. The maximum atomic E-state index is 3.68. The Morgan fingerprint density at radius 3 is 2.42 bits per heavy atom. The van der Waals surface area contributed by atoms with E-state index in [4.69, 9.17) is 0 Å². The predicted molar refractivity (Wildman–Crippen MR) is 91.0 cm³/mol. The number of halogens is 2. The molecule has 0 bridgehead atoms. The molecule has 0 aliphatic rings. The van der Waals surface area contributed by atoms with Crippen molar-refractivity contribution in [1.82, 2.24) is 5.32 Å². The third kappa shape index (κ3) is 4.15. The number of nitrogens with one attached hydrogen (secondary N) is 1. The SMILES string of the molecule is CCNC(Cc1ccc(Br)cc1)c1sc(C)cc1Br. The second-order valence-corrected chi connectivity index (χ2v) is 7.57. The molecule has 102 valence electrons. The van der Waals surface area contributed by atoms with Gasteiger partial charge in [0, 0.05) is 24.7 Å². The van der Waals surface area contributed by atoms with Gasteiger partial charge in [0.2, 0.25) is 0 Å². The Bertz CT molecular complexity index is 534. The van der Waals surface area contributed by atoms with E-state index in [9.17, 15) is 0 Å². The summed E-state index contributed by atoms with van der Waals surface area (Å²) in [5.74, 6) is 0. The molecule has 0 aliphatic heterocycles. The van der Waals surface area contributed by atoms with E-state index in [1.54, 1.807) is 0 Å². The van der Waals surface area contributed by atoms with Gasteiger partial charge in [-0.3, -0.25) is 0 Å². The van der Waals surface area contributed by atoms with Crippen LogP contribution in [0.4, 0.5) is 0 Å². The summed E-state index contributed by atoms with van der Waals surface area (Å²) < 4.78 is 2.35. The second kappa shape index (κ2) is 7.02. The van der Waals surface area contributed by atoms with Gasteiger partial charge in [0.05, 0.1) is 0 Å². The minimum atomic E-state index is 0.374. The first-order valence-corrected chi connectivity index (χ1v) is 8.74. The quantitative estimate of drug-likeness (QED) is 0.698. The van der Waals surface area contributed by atoms with Gasteiger partial charge in [-0.15, -0.1) is 11.3 Å². The number of benzene rings is 1. The first-order valence-electron chi connectivity index (χ1n) is 6.33. The van der Waals surface area contributed by atoms with Gasteiger partial charge in [-0.1, -0.05) is 35.0 Å². The summed E-state index contributed by atoms with van der Waals surface area (Å²) in [6.45, 7) is 5.29. The highest BCUT2D eigenvalue weighted by molar-refractivity contribution is 9.10. The van der Waals surface area contributed by atoms with Crippen molar-refractivity contribution in [2.75, 3.05) is 6.54 Å². The molecule has 1 heterocycles. The van der Waals surface area contributed by atoms with Gasteiger partial charge in [-0.05, 0) is 59.6 Å². The van der Waals surface area contributed by atoms with Crippen molar-refractivity contribution in [3.05, 3.63) is 54.6 Å². The maximum Gasteiger partial charge on any atom is 0.0467 e. The Morgan fingerprint density at radius 2 is 1.89 bits per heavy atom. The van der Waals surface area contributed by atoms with Gasteiger partial charge >= 0.3 is 0 Å². The average Bonchev–Trinajstić information content (AvgIpc) is 2.71. The van der Waals surface area contributed by atoms with E-state index in [0.717, 1.165) is 17.4 Å². The average molecular weight is 403 g/mol. The van der Waals surface area contributed by atoms with Gasteiger partial charge in [0.1, 0.15) is 0 Å². The highest BCUT2D eigenvalue weighted by atomic mass is 79.9. The number of rotatable bonds is 5. The Hall–Kier alpha value is -0.160. The molecule has 2 aromatic rings. The topological polar surface area (TPSA) is 12.0 Å². The Balaban J connectivity index is 2.20. The van der Waals surface area contributed by atoms with Crippen molar-refractivity contribution in [2.45, 2.75) is 26.3 Å². The van der Waals surface area contributed by atoms with Crippen LogP contribution in [0.5, 0.6) is 0 Å². The predicted octanol–water partition coefficient (Wildman–Crippen LogP) is 5.47. The van der Waals surface area contributed by atoms with E-state index in [-0.39, 0.29) is 0 Å². The van der Waals surface area contributed by atoms with Crippen LogP contribution in [0.25, 0.3) is 0 Å². The largest absolute Gasteiger partial charge is 0.309 e. The van der Waals surface area contributed by atoms with Crippen molar-refractivity contribution in [3.63, 3.8) is 0 Å². The zero-order chi connectivity index (χ0) is 13.8. The van der Waals surface area contributed by atoms with Gasteiger partial charge in [0.25, 0.3) is 0 Å². The van der Waals surface area contributed by atoms with Crippen molar-refractivity contribution in [2.24, 2.45) is 0 Å². The lowest BCUT2D eigenvalue weighted by Crippen LogP contribution is -2.22. The molecule has 1 aromatic heterocycles. The van der Waals surface area contributed by atoms with Crippen LogP contribution in [0.3, 0.4) is 0 Å². The fourth-order valence-corrected chi connectivity index (χ4v) is 4.37. The fraction of sp³-hybridized carbons (Fsp3) is 0.333. The van der Waals surface area contributed by atoms with Crippen LogP contribution < -0.4 is 5.32 Å². The van der Waals surface area contributed by atoms with Crippen LogP contribution in [0.15, 0.2) is 39.3 Å². The molecule has 0 saturated carbocycles. The van der Waals surface area contributed by atoms with Crippen molar-refractivity contribution < 1.29 is 0 Å². The molecule has 0 spiro atoms. The third-order valence-electron chi connectivity index (χ3n) is 2.96. The van der Waals surface area contributed by atoms with Crippen LogP contribution in [-0.2, 0) is 6.42 Å². The lowest BCUT2D eigenvalue weighted by atomic mass is 10.0. The molecule has 2 rings (SSSR count). The van der Waals surface area contributed by atoms with E-state index < -0.39 is 0 Å². The summed E-state index contributed by atoms with van der Waals surface area (Å²) in [4.78, 5) is 2.74. The van der Waals surface area contributed by atoms with E-state index in [0.29, 0.717) is 6.04 Å². The number of likely N-dealkylation sites (N-methyl/N-ethyl adjacent to an activating group) is 1. The van der Waals surface area contributed by atoms with E-state index >= 15 is 0 Å². The minimum Gasteiger partial charge on any atom is -0.309 e. The van der Waals surface area contributed by atoms with Crippen molar-refractivity contribution in [1.29, 1.82) is 0 Å². The van der Waals surface area contributed by atoms with E-state index in [2.05, 4.69) is 81.4 Å². The monoisotopic (exact) mass is 401 g/mol. The maximum absolute atomic E-state index is 3.68. The Kier molecular flexibility index (Phi) is 5.63. The highest BCUT2D eigenvalue weighted by Crippen LogP contribution is 2.34. The highest BCUT2D eigenvalue weighted by Gasteiger charge is 2.16. The first-order chi connectivity index (χ1) is 9.10. The number of hydrogen-bond donors (Lipinski definition) is 1. The van der Waals surface area contributed by atoms with E-state index in [1.807, 2.05) is 11.3 Å². The van der Waals surface area contributed by atoms with Crippen LogP contribution in [0, 0.1) is 6.92 Å². The fourth-order valence-electron chi connectivity index (χ4n) is 2.10. The molecule has 0 saturated heterocycles. The molecule has 1 aromatic carbocycles. The smallest absolute Gasteiger partial charge is 0.0467 e. The van der Waals surface area contributed by atoms with Crippen molar-refractivity contribution >= 4 is 43.2 Å². The van der Waals surface area contributed by atoms with Gasteiger partial charge < -0.3 is 5.32 Å².